The van der Waals surface area contributed by atoms with E-state index in [1.165, 1.54) is 0 Å². The quantitative estimate of drug-likeness (QED) is 0.595. The molecule has 0 aliphatic rings. The first-order valence-corrected chi connectivity index (χ1v) is 8.91. The lowest BCUT2D eigenvalue weighted by Crippen LogP contribution is -2.46. The molecule has 2 aromatic rings. The third-order valence-electron chi connectivity index (χ3n) is 3.42. The van der Waals surface area contributed by atoms with Crippen molar-refractivity contribution in [1.82, 2.24) is 5.32 Å². The van der Waals surface area contributed by atoms with Gasteiger partial charge >= 0.3 is 5.97 Å². The summed E-state index contributed by atoms with van der Waals surface area (Å²) < 4.78 is 35.6. The maximum absolute atomic E-state index is 12.6. The molecule has 8 heteroatoms. The normalized spacial score (nSPS) is 12.2. The van der Waals surface area contributed by atoms with Crippen LogP contribution in [0.2, 0.25) is 0 Å². The van der Waals surface area contributed by atoms with Crippen LogP contribution in [0.1, 0.15) is 10.4 Å². The van der Waals surface area contributed by atoms with Crippen molar-refractivity contribution in [3.63, 3.8) is 0 Å². The number of methoxy groups -OCH3 is 1. The first-order chi connectivity index (χ1) is 11.8. The fourth-order valence-electron chi connectivity index (χ4n) is 2.31. The number of esters is 1. The third kappa shape index (κ3) is 5.13. The van der Waals surface area contributed by atoms with Gasteiger partial charge in [-0.05, 0) is 17.2 Å². The van der Waals surface area contributed by atoms with E-state index in [9.17, 15) is 18.0 Å². The lowest BCUT2D eigenvalue weighted by Gasteiger charge is -2.16. The van der Waals surface area contributed by atoms with Gasteiger partial charge in [0.2, 0.25) is 0 Å². The van der Waals surface area contributed by atoms with Crippen LogP contribution in [0.3, 0.4) is 0 Å². The average molecular weight is 363 g/mol. The van der Waals surface area contributed by atoms with Gasteiger partial charge in [0, 0.05) is 5.56 Å². The molecule has 0 aliphatic carbocycles. The number of ether oxygens (including phenoxy) is 1. The lowest BCUT2D eigenvalue weighted by molar-refractivity contribution is -0.142. The zero-order chi connectivity index (χ0) is 18.4. The SMILES string of the molecule is COC(=O)[C@H](CS(=O)(=O)O)NC(=O)c1ccccc1-c1ccccc1. The maximum Gasteiger partial charge on any atom is 0.329 e. The van der Waals surface area contributed by atoms with Crippen LogP contribution in [-0.2, 0) is 19.6 Å². The highest BCUT2D eigenvalue weighted by molar-refractivity contribution is 7.85. The minimum atomic E-state index is -4.48. The van der Waals surface area contributed by atoms with E-state index in [1.807, 2.05) is 30.3 Å². The van der Waals surface area contributed by atoms with Crippen LogP contribution in [0, 0.1) is 0 Å². The van der Waals surface area contributed by atoms with Gasteiger partial charge in [-0.1, -0.05) is 48.5 Å². The van der Waals surface area contributed by atoms with Gasteiger partial charge in [0.1, 0.15) is 11.8 Å². The number of carbonyl (C=O) groups is 2. The standard InChI is InChI=1S/C17H17NO6S/c1-24-17(20)15(11-25(21,22)23)18-16(19)14-10-6-5-9-13(14)12-7-3-2-4-8-12/h2-10,15H,11H2,1H3,(H,18,19)(H,21,22,23)/t15-/m0/s1. The highest BCUT2D eigenvalue weighted by Gasteiger charge is 2.28. The Kier molecular flexibility index (Phi) is 5.89. The molecule has 132 valence electrons. The Morgan fingerprint density at radius 3 is 2.28 bits per heavy atom. The highest BCUT2D eigenvalue weighted by Crippen LogP contribution is 2.23. The maximum atomic E-state index is 12.6. The zero-order valence-electron chi connectivity index (χ0n) is 13.4. The van der Waals surface area contributed by atoms with Gasteiger partial charge in [0.25, 0.3) is 16.0 Å². The van der Waals surface area contributed by atoms with Crippen molar-refractivity contribution in [2.45, 2.75) is 6.04 Å². The Bertz CT molecular complexity index is 864. The van der Waals surface area contributed by atoms with Crippen molar-refractivity contribution in [1.29, 1.82) is 0 Å². The zero-order valence-corrected chi connectivity index (χ0v) is 14.2. The summed E-state index contributed by atoms with van der Waals surface area (Å²) in [4.78, 5) is 24.3. The van der Waals surface area contributed by atoms with Crippen molar-refractivity contribution in [2.75, 3.05) is 12.9 Å². The topological polar surface area (TPSA) is 110 Å². The largest absolute Gasteiger partial charge is 0.467 e. The van der Waals surface area contributed by atoms with Gasteiger partial charge in [-0.25, -0.2) is 4.79 Å². The van der Waals surface area contributed by atoms with E-state index in [1.54, 1.807) is 24.3 Å². The summed E-state index contributed by atoms with van der Waals surface area (Å²) in [5, 5.41) is 2.30. The van der Waals surface area contributed by atoms with E-state index in [0.717, 1.165) is 12.7 Å². The second-order valence-corrected chi connectivity index (χ2v) is 6.71. The molecule has 0 saturated carbocycles. The van der Waals surface area contributed by atoms with Crippen LogP contribution in [0.25, 0.3) is 11.1 Å². The van der Waals surface area contributed by atoms with Gasteiger partial charge < -0.3 is 10.1 Å². The van der Waals surface area contributed by atoms with Crippen molar-refractivity contribution < 1.29 is 27.3 Å². The molecular weight excluding hydrogens is 346 g/mol. The van der Waals surface area contributed by atoms with Gasteiger partial charge in [0.05, 0.1) is 7.11 Å². The average Bonchev–Trinajstić information content (AvgIpc) is 2.60. The van der Waals surface area contributed by atoms with Crippen molar-refractivity contribution in [3.8, 4) is 11.1 Å². The summed E-state index contributed by atoms with van der Waals surface area (Å²) in [6.45, 7) is 0. The molecular formula is C17H17NO6S. The third-order valence-corrected chi connectivity index (χ3v) is 4.18. The predicted molar refractivity (Wildman–Crippen MR) is 91.6 cm³/mol. The second-order valence-electron chi connectivity index (χ2n) is 5.21. The number of hydrogen-bond acceptors (Lipinski definition) is 5. The van der Waals surface area contributed by atoms with Crippen molar-refractivity contribution >= 4 is 22.0 Å². The summed E-state index contributed by atoms with van der Waals surface area (Å²) in [7, 11) is -3.43. The second kappa shape index (κ2) is 7.91. The van der Waals surface area contributed by atoms with Crippen molar-refractivity contribution in [3.05, 3.63) is 60.2 Å². The Balaban J connectivity index is 2.32. The van der Waals surface area contributed by atoms with E-state index in [0.29, 0.717) is 5.56 Å². The summed E-state index contributed by atoms with van der Waals surface area (Å²) in [6.07, 6.45) is 0. The fourth-order valence-corrected chi connectivity index (χ4v) is 2.95. The molecule has 2 aromatic carbocycles. The number of nitrogens with one attached hydrogen (secondary N) is 1. The van der Waals surface area contributed by atoms with Gasteiger partial charge in [-0.3, -0.25) is 9.35 Å². The number of hydrogen-bond donors (Lipinski definition) is 2. The van der Waals surface area contributed by atoms with E-state index in [-0.39, 0.29) is 5.56 Å². The van der Waals surface area contributed by atoms with E-state index >= 15 is 0 Å². The molecule has 0 aliphatic heterocycles. The molecule has 0 radical (unpaired) electrons. The number of amides is 1. The van der Waals surface area contributed by atoms with Crippen LogP contribution < -0.4 is 5.32 Å². The molecule has 0 fully saturated rings. The molecule has 2 N–H and O–H groups in total. The first-order valence-electron chi connectivity index (χ1n) is 7.30. The molecule has 0 aromatic heterocycles. The molecule has 2 rings (SSSR count). The molecule has 0 heterocycles. The monoisotopic (exact) mass is 363 g/mol. The van der Waals surface area contributed by atoms with E-state index in [2.05, 4.69) is 10.1 Å². The first kappa shape index (κ1) is 18.6. The molecule has 25 heavy (non-hydrogen) atoms. The summed E-state index contributed by atoms with van der Waals surface area (Å²) >= 11 is 0. The minimum Gasteiger partial charge on any atom is -0.467 e. The van der Waals surface area contributed by atoms with Crippen LogP contribution >= 0.6 is 0 Å². The van der Waals surface area contributed by atoms with Crippen LogP contribution in [0.4, 0.5) is 0 Å². The Morgan fingerprint density at radius 2 is 1.68 bits per heavy atom. The number of carbonyl (C=O) groups excluding carboxylic acids is 2. The summed E-state index contributed by atoms with van der Waals surface area (Å²) in [5.74, 6) is -2.60. The minimum absolute atomic E-state index is 0.262. The molecule has 0 bridgehead atoms. The van der Waals surface area contributed by atoms with Gasteiger partial charge in [-0.2, -0.15) is 8.42 Å². The molecule has 1 amide bonds. The van der Waals surface area contributed by atoms with Gasteiger partial charge in [-0.15, -0.1) is 0 Å². The Labute approximate surface area is 145 Å². The van der Waals surface area contributed by atoms with Crippen LogP contribution in [0.15, 0.2) is 54.6 Å². The Hall–Kier alpha value is -2.71. The van der Waals surface area contributed by atoms with E-state index < -0.39 is 33.8 Å². The summed E-state index contributed by atoms with van der Waals surface area (Å²) in [5.41, 5.74) is 1.67. The number of benzene rings is 2. The van der Waals surface area contributed by atoms with Gasteiger partial charge in [0.15, 0.2) is 0 Å². The highest BCUT2D eigenvalue weighted by atomic mass is 32.2. The number of rotatable bonds is 6. The molecule has 0 saturated heterocycles. The molecule has 7 nitrogen and oxygen atoms in total. The molecule has 0 unspecified atom stereocenters. The van der Waals surface area contributed by atoms with Crippen LogP contribution in [-0.4, -0.2) is 43.8 Å². The lowest BCUT2D eigenvalue weighted by atomic mass is 9.99. The Morgan fingerprint density at radius 1 is 1.08 bits per heavy atom. The predicted octanol–water partition coefficient (Wildman–Crippen LogP) is 1.51. The van der Waals surface area contributed by atoms with E-state index in [4.69, 9.17) is 4.55 Å². The fraction of sp³-hybridized carbons (Fsp3) is 0.176. The van der Waals surface area contributed by atoms with Crippen LogP contribution in [0.5, 0.6) is 0 Å². The van der Waals surface area contributed by atoms with Crippen molar-refractivity contribution in [2.24, 2.45) is 0 Å². The smallest absolute Gasteiger partial charge is 0.329 e. The molecule has 1 atom stereocenters. The molecule has 0 spiro atoms. The summed E-state index contributed by atoms with van der Waals surface area (Å²) in [6, 6.07) is 14.3.